The largest absolute Gasteiger partial charge is 0.507 e. The number of ketones is 1. The van der Waals surface area contributed by atoms with Crippen LogP contribution in [0.1, 0.15) is 22.7 Å². The van der Waals surface area contributed by atoms with Crippen molar-refractivity contribution in [3.05, 3.63) is 100 Å². The number of hydrogen-bond donors (Lipinski definition) is 1. The molecule has 4 rings (SSSR count). The Morgan fingerprint density at radius 3 is 2.29 bits per heavy atom. The van der Waals surface area contributed by atoms with Gasteiger partial charge in [0.2, 0.25) is 0 Å². The molecular formula is C24H19ClN2O4. The maximum absolute atomic E-state index is 13.0. The van der Waals surface area contributed by atoms with Gasteiger partial charge in [-0.1, -0.05) is 35.9 Å². The van der Waals surface area contributed by atoms with Crippen LogP contribution in [0.5, 0.6) is 5.75 Å². The van der Waals surface area contributed by atoms with E-state index in [0.29, 0.717) is 21.9 Å². The van der Waals surface area contributed by atoms with Gasteiger partial charge in [0.25, 0.3) is 11.7 Å². The second-order valence-electron chi connectivity index (χ2n) is 7.06. The highest BCUT2D eigenvalue weighted by Crippen LogP contribution is 2.40. The molecule has 2 aromatic carbocycles. The zero-order valence-electron chi connectivity index (χ0n) is 16.7. The Balaban J connectivity index is 1.82. The Kier molecular flexibility index (Phi) is 5.73. The second kappa shape index (κ2) is 8.62. The summed E-state index contributed by atoms with van der Waals surface area (Å²) in [5.74, 6) is -0.954. The van der Waals surface area contributed by atoms with Gasteiger partial charge in [0.15, 0.2) is 0 Å². The summed E-state index contributed by atoms with van der Waals surface area (Å²) in [7, 11) is 1.58. The molecule has 1 fully saturated rings. The Hall–Kier alpha value is -3.64. The molecular weight excluding hydrogens is 416 g/mol. The van der Waals surface area contributed by atoms with E-state index in [1.807, 2.05) is 12.1 Å². The van der Waals surface area contributed by atoms with Gasteiger partial charge in [0.1, 0.15) is 11.5 Å². The summed E-state index contributed by atoms with van der Waals surface area (Å²) in [4.78, 5) is 31.4. The number of ether oxygens (including phenoxy) is 1. The van der Waals surface area contributed by atoms with Crippen LogP contribution in [0, 0.1) is 0 Å². The molecule has 156 valence electrons. The van der Waals surface area contributed by atoms with Crippen LogP contribution in [0.2, 0.25) is 5.02 Å². The Labute approximate surface area is 184 Å². The lowest BCUT2D eigenvalue weighted by atomic mass is 9.95. The number of methoxy groups -OCH3 is 1. The molecule has 1 aliphatic heterocycles. The van der Waals surface area contributed by atoms with Gasteiger partial charge in [-0.2, -0.15) is 0 Å². The number of carbonyl (C=O) groups is 2. The van der Waals surface area contributed by atoms with Crippen molar-refractivity contribution in [3.8, 4) is 5.75 Å². The molecule has 31 heavy (non-hydrogen) atoms. The van der Waals surface area contributed by atoms with Gasteiger partial charge < -0.3 is 14.7 Å². The van der Waals surface area contributed by atoms with Gasteiger partial charge in [0.05, 0.1) is 18.7 Å². The molecule has 0 radical (unpaired) electrons. The molecule has 0 spiro atoms. The number of aliphatic hydroxyl groups is 1. The molecule has 0 bridgehead atoms. The fourth-order valence-electron chi connectivity index (χ4n) is 3.63. The number of benzene rings is 2. The van der Waals surface area contributed by atoms with Crippen LogP contribution in [-0.2, 0) is 16.1 Å². The van der Waals surface area contributed by atoms with E-state index < -0.39 is 17.7 Å². The van der Waals surface area contributed by atoms with Crippen molar-refractivity contribution in [3.63, 3.8) is 0 Å². The zero-order chi connectivity index (χ0) is 22.0. The average molecular weight is 435 g/mol. The molecule has 0 saturated carbocycles. The maximum atomic E-state index is 13.0. The zero-order valence-corrected chi connectivity index (χ0v) is 17.4. The Morgan fingerprint density at radius 2 is 1.68 bits per heavy atom. The van der Waals surface area contributed by atoms with Crippen LogP contribution in [0.15, 0.2) is 78.6 Å². The third-order valence-corrected chi connectivity index (χ3v) is 5.44. The third-order valence-electron chi connectivity index (χ3n) is 5.19. The van der Waals surface area contributed by atoms with Gasteiger partial charge in [0, 0.05) is 29.5 Å². The molecule has 1 amide bonds. The minimum absolute atomic E-state index is 0.0343. The minimum Gasteiger partial charge on any atom is -0.507 e. The highest BCUT2D eigenvalue weighted by atomic mass is 35.5. The summed E-state index contributed by atoms with van der Waals surface area (Å²) in [6, 6.07) is 16.6. The summed E-state index contributed by atoms with van der Waals surface area (Å²) < 4.78 is 5.18. The molecule has 1 aromatic heterocycles. The third kappa shape index (κ3) is 4.02. The molecule has 7 heteroatoms. The van der Waals surface area contributed by atoms with Crippen LogP contribution in [0.3, 0.4) is 0 Å². The van der Waals surface area contributed by atoms with Crippen LogP contribution in [-0.4, -0.2) is 33.8 Å². The van der Waals surface area contributed by atoms with Crippen molar-refractivity contribution in [2.24, 2.45) is 0 Å². The van der Waals surface area contributed by atoms with Gasteiger partial charge in [-0.15, -0.1) is 0 Å². The fraction of sp³-hybridized carbons (Fsp3) is 0.125. The molecule has 1 aliphatic rings. The minimum atomic E-state index is -0.757. The molecule has 1 saturated heterocycles. The first-order valence-corrected chi connectivity index (χ1v) is 9.94. The number of pyridine rings is 1. The highest BCUT2D eigenvalue weighted by molar-refractivity contribution is 6.46. The molecule has 1 unspecified atom stereocenters. The monoisotopic (exact) mass is 434 g/mol. The molecule has 2 heterocycles. The smallest absolute Gasteiger partial charge is 0.295 e. The summed E-state index contributed by atoms with van der Waals surface area (Å²) >= 11 is 6.04. The second-order valence-corrected chi connectivity index (χ2v) is 7.50. The Morgan fingerprint density at radius 1 is 1.03 bits per heavy atom. The molecule has 1 N–H and O–H groups in total. The van der Waals surface area contributed by atoms with Gasteiger partial charge >= 0.3 is 0 Å². The van der Waals surface area contributed by atoms with E-state index in [-0.39, 0.29) is 17.9 Å². The van der Waals surface area contributed by atoms with Crippen molar-refractivity contribution in [1.29, 1.82) is 0 Å². The van der Waals surface area contributed by atoms with Crippen molar-refractivity contribution in [2.45, 2.75) is 12.6 Å². The predicted octanol–water partition coefficient (Wildman–Crippen LogP) is 4.37. The number of aromatic nitrogens is 1. The predicted molar refractivity (Wildman–Crippen MR) is 117 cm³/mol. The van der Waals surface area contributed by atoms with E-state index in [2.05, 4.69) is 4.98 Å². The lowest BCUT2D eigenvalue weighted by Gasteiger charge is -2.25. The van der Waals surface area contributed by atoms with Gasteiger partial charge in [-0.3, -0.25) is 14.6 Å². The first kappa shape index (κ1) is 20.6. The van der Waals surface area contributed by atoms with Crippen molar-refractivity contribution < 1.29 is 19.4 Å². The molecule has 3 aromatic rings. The van der Waals surface area contributed by atoms with E-state index in [4.69, 9.17) is 16.3 Å². The maximum Gasteiger partial charge on any atom is 0.295 e. The van der Waals surface area contributed by atoms with E-state index in [9.17, 15) is 14.7 Å². The van der Waals surface area contributed by atoms with Crippen LogP contribution < -0.4 is 4.74 Å². The summed E-state index contributed by atoms with van der Waals surface area (Å²) in [6.07, 6.45) is 3.03. The lowest BCUT2D eigenvalue weighted by Crippen LogP contribution is -2.29. The number of Topliss-reactive ketones (excluding diaryl/α,β-unsaturated/α-hetero) is 1. The van der Waals surface area contributed by atoms with E-state index in [1.165, 1.54) is 17.3 Å². The quantitative estimate of drug-likeness (QED) is 0.366. The number of aliphatic hydroxyl groups excluding tert-OH is 1. The summed E-state index contributed by atoms with van der Waals surface area (Å²) in [6.45, 7) is 0.189. The van der Waals surface area contributed by atoms with Crippen molar-refractivity contribution >= 4 is 29.1 Å². The molecule has 6 nitrogen and oxygen atoms in total. The number of rotatable bonds is 5. The number of hydrogen-bond acceptors (Lipinski definition) is 5. The summed E-state index contributed by atoms with van der Waals surface area (Å²) in [5, 5.41) is 11.5. The standard InChI is InChI=1S/C24H19ClN2O4/c1-31-19-8-2-15(3-9-19)14-27-21(16-4-6-18(25)7-5-16)20(23(29)24(27)30)22(28)17-10-12-26-13-11-17/h2-13,21,28H,14H2,1H3/b22-20-. The summed E-state index contributed by atoms with van der Waals surface area (Å²) in [5.41, 5.74) is 1.95. The van der Waals surface area contributed by atoms with E-state index in [1.54, 1.807) is 55.6 Å². The van der Waals surface area contributed by atoms with Crippen molar-refractivity contribution in [1.82, 2.24) is 9.88 Å². The van der Waals surface area contributed by atoms with Crippen LogP contribution >= 0.6 is 11.6 Å². The normalized spacial score (nSPS) is 17.7. The number of likely N-dealkylation sites (tertiary alicyclic amines) is 1. The first-order chi connectivity index (χ1) is 15.0. The van der Waals surface area contributed by atoms with Crippen LogP contribution in [0.25, 0.3) is 5.76 Å². The Bertz CT molecular complexity index is 1140. The number of nitrogens with zero attached hydrogens (tertiary/aromatic N) is 2. The van der Waals surface area contributed by atoms with Gasteiger partial charge in [-0.25, -0.2) is 0 Å². The number of halogens is 1. The molecule has 0 aliphatic carbocycles. The van der Waals surface area contributed by atoms with Crippen LogP contribution in [0.4, 0.5) is 0 Å². The van der Waals surface area contributed by atoms with E-state index >= 15 is 0 Å². The van der Waals surface area contributed by atoms with E-state index in [0.717, 1.165) is 5.56 Å². The van der Waals surface area contributed by atoms with Crippen molar-refractivity contribution in [2.75, 3.05) is 7.11 Å². The first-order valence-electron chi connectivity index (χ1n) is 9.57. The number of amides is 1. The number of carbonyl (C=O) groups excluding carboxylic acids is 2. The lowest BCUT2D eigenvalue weighted by molar-refractivity contribution is -0.140. The highest BCUT2D eigenvalue weighted by Gasteiger charge is 2.46. The molecule has 1 atom stereocenters. The van der Waals surface area contributed by atoms with Gasteiger partial charge in [-0.05, 0) is 47.5 Å². The average Bonchev–Trinajstić information content (AvgIpc) is 3.05. The topological polar surface area (TPSA) is 79.7 Å². The fourth-order valence-corrected chi connectivity index (χ4v) is 3.75. The SMILES string of the molecule is COc1ccc(CN2C(=O)C(=O)/C(=C(\O)c3ccncc3)C2c2ccc(Cl)cc2)cc1.